The van der Waals surface area contributed by atoms with Crippen LogP contribution in [0.15, 0.2) is 48.6 Å². The van der Waals surface area contributed by atoms with Gasteiger partial charge in [-0.2, -0.15) is 0 Å². The summed E-state index contributed by atoms with van der Waals surface area (Å²) in [7, 11) is 0. The molecule has 6 N–H and O–H groups in total. The second-order valence-electron chi connectivity index (χ2n) is 24.0. The molecule has 1 fully saturated rings. The van der Waals surface area contributed by atoms with Crippen LogP contribution in [0.1, 0.15) is 335 Å². The molecule has 7 unspecified atom stereocenters. The zero-order valence-electron chi connectivity index (χ0n) is 51.9. The Morgan fingerprint density at radius 2 is 0.759 bits per heavy atom. The van der Waals surface area contributed by atoms with Crippen molar-refractivity contribution in [1.29, 1.82) is 0 Å². The highest BCUT2D eigenvalue weighted by atomic mass is 16.7. The summed E-state index contributed by atoms with van der Waals surface area (Å²) < 4.78 is 11.3. The van der Waals surface area contributed by atoms with Crippen molar-refractivity contribution in [3.05, 3.63) is 48.6 Å². The zero-order chi connectivity index (χ0) is 57.2. The topological polar surface area (TPSA) is 149 Å². The molecule has 0 aromatic carbocycles. The summed E-state index contributed by atoms with van der Waals surface area (Å²) in [6.45, 7) is 3.80. The summed E-state index contributed by atoms with van der Waals surface area (Å²) in [6, 6.07) is -0.823. The first-order valence-electron chi connectivity index (χ1n) is 34.4. The highest BCUT2D eigenvalue weighted by Gasteiger charge is 2.44. The molecule has 79 heavy (non-hydrogen) atoms. The second kappa shape index (κ2) is 59.3. The van der Waals surface area contributed by atoms with Gasteiger partial charge < -0.3 is 40.3 Å². The van der Waals surface area contributed by atoms with E-state index in [1.807, 2.05) is 6.08 Å². The van der Waals surface area contributed by atoms with Gasteiger partial charge in [0.2, 0.25) is 5.91 Å². The van der Waals surface area contributed by atoms with E-state index in [4.69, 9.17) is 9.47 Å². The molecular weight excluding hydrogens is 983 g/mol. The first-order chi connectivity index (χ1) is 38.8. The van der Waals surface area contributed by atoms with E-state index in [9.17, 15) is 30.3 Å². The largest absolute Gasteiger partial charge is 0.394 e. The Morgan fingerprint density at radius 1 is 0.430 bits per heavy atom. The molecule has 0 aliphatic carbocycles. The van der Waals surface area contributed by atoms with E-state index in [0.29, 0.717) is 6.42 Å². The third kappa shape index (κ3) is 48.3. The molecule has 0 spiro atoms. The lowest BCUT2D eigenvalue weighted by atomic mass is 9.99. The van der Waals surface area contributed by atoms with Crippen LogP contribution in [0.5, 0.6) is 0 Å². The molecule has 1 saturated heterocycles. The van der Waals surface area contributed by atoms with Gasteiger partial charge in [0.05, 0.1) is 25.4 Å². The van der Waals surface area contributed by atoms with Crippen molar-refractivity contribution in [2.45, 2.75) is 378 Å². The molecule has 1 rings (SSSR count). The summed E-state index contributed by atoms with van der Waals surface area (Å²) in [5, 5.41) is 54.6. The minimum Gasteiger partial charge on any atom is -0.394 e. The van der Waals surface area contributed by atoms with E-state index in [1.165, 1.54) is 270 Å². The van der Waals surface area contributed by atoms with Crippen LogP contribution in [0.2, 0.25) is 0 Å². The Labute approximate surface area is 488 Å². The number of allylic oxidation sites excluding steroid dienone is 7. The molecule has 0 radical (unpaired) electrons. The van der Waals surface area contributed by atoms with Crippen molar-refractivity contribution >= 4 is 5.91 Å². The number of rotatable bonds is 60. The van der Waals surface area contributed by atoms with Crippen molar-refractivity contribution < 1.29 is 39.8 Å². The van der Waals surface area contributed by atoms with Crippen molar-refractivity contribution in [3.63, 3.8) is 0 Å². The Morgan fingerprint density at radius 3 is 1.14 bits per heavy atom. The van der Waals surface area contributed by atoms with Crippen molar-refractivity contribution in [2.75, 3.05) is 13.2 Å². The third-order valence-corrected chi connectivity index (χ3v) is 16.4. The van der Waals surface area contributed by atoms with Crippen LogP contribution in [-0.2, 0) is 14.3 Å². The summed E-state index contributed by atoms with van der Waals surface area (Å²) in [5.41, 5.74) is 0. The Hall–Kier alpha value is -1.85. The summed E-state index contributed by atoms with van der Waals surface area (Å²) in [5.74, 6) is -0.182. The van der Waals surface area contributed by atoms with Crippen LogP contribution in [0.3, 0.4) is 0 Å². The fraction of sp³-hybridized carbons (Fsp3) is 0.871. The van der Waals surface area contributed by atoms with Gasteiger partial charge in [0.25, 0.3) is 0 Å². The lowest BCUT2D eigenvalue weighted by Crippen LogP contribution is -2.60. The Balaban J connectivity index is 2.10. The maximum atomic E-state index is 13.1. The minimum atomic E-state index is -1.57. The van der Waals surface area contributed by atoms with Crippen molar-refractivity contribution in [3.8, 4) is 0 Å². The maximum Gasteiger partial charge on any atom is 0.220 e. The molecule has 0 aromatic rings. The summed E-state index contributed by atoms with van der Waals surface area (Å²) in [6.07, 6.45) is 73.7. The predicted molar refractivity (Wildman–Crippen MR) is 336 cm³/mol. The van der Waals surface area contributed by atoms with Crippen LogP contribution in [0, 0.1) is 0 Å². The smallest absolute Gasteiger partial charge is 0.220 e. The highest BCUT2D eigenvalue weighted by Crippen LogP contribution is 2.23. The number of unbranched alkanes of at least 4 members (excludes halogenated alkanes) is 44. The van der Waals surface area contributed by atoms with E-state index in [0.717, 1.165) is 44.9 Å². The fourth-order valence-electron chi connectivity index (χ4n) is 11.0. The SMILES string of the molecule is CCCCCCCCCCCCCCC/C=C\C/C=C\CCCCCCCCCCCCCCCCCCCC(=O)NC(COC1OC(CO)C(O)C(O)C1O)C(O)/C=C/CC/C=C/CCCCCCCCCCCCCCC. The highest BCUT2D eigenvalue weighted by molar-refractivity contribution is 5.76. The van der Waals surface area contributed by atoms with E-state index in [1.54, 1.807) is 6.08 Å². The van der Waals surface area contributed by atoms with Crippen LogP contribution in [0.4, 0.5) is 0 Å². The second-order valence-corrected chi connectivity index (χ2v) is 24.0. The Bertz CT molecular complexity index is 1380. The fourth-order valence-corrected chi connectivity index (χ4v) is 11.0. The molecule has 1 amide bonds. The van der Waals surface area contributed by atoms with Gasteiger partial charge in [0, 0.05) is 6.42 Å². The molecule has 0 aromatic heterocycles. The number of aliphatic hydroxyl groups excluding tert-OH is 5. The molecule has 1 heterocycles. The predicted octanol–water partition coefficient (Wildman–Crippen LogP) is 18.4. The third-order valence-electron chi connectivity index (χ3n) is 16.4. The van der Waals surface area contributed by atoms with E-state index in [2.05, 4.69) is 55.6 Å². The van der Waals surface area contributed by atoms with Gasteiger partial charge in [0.15, 0.2) is 6.29 Å². The van der Waals surface area contributed by atoms with Gasteiger partial charge in [-0.1, -0.05) is 313 Å². The summed E-state index contributed by atoms with van der Waals surface area (Å²) in [4.78, 5) is 13.1. The number of amides is 1. The number of aliphatic hydroxyl groups is 5. The lowest BCUT2D eigenvalue weighted by molar-refractivity contribution is -0.302. The van der Waals surface area contributed by atoms with Crippen LogP contribution in [0.25, 0.3) is 0 Å². The normalized spacial score (nSPS) is 18.8. The average molecular weight is 1110 g/mol. The number of hydrogen-bond acceptors (Lipinski definition) is 8. The number of hydrogen-bond donors (Lipinski definition) is 6. The first kappa shape index (κ1) is 75.2. The molecule has 9 nitrogen and oxygen atoms in total. The van der Waals surface area contributed by atoms with Gasteiger partial charge in [-0.05, 0) is 64.2 Å². The first-order valence-corrected chi connectivity index (χ1v) is 34.4. The van der Waals surface area contributed by atoms with Crippen molar-refractivity contribution in [2.24, 2.45) is 0 Å². The van der Waals surface area contributed by atoms with Gasteiger partial charge in [-0.15, -0.1) is 0 Å². The van der Waals surface area contributed by atoms with Gasteiger partial charge >= 0.3 is 0 Å². The van der Waals surface area contributed by atoms with Gasteiger partial charge in [-0.3, -0.25) is 4.79 Å². The molecule has 9 heteroatoms. The molecule has 0 saturated carbocycles. The molecule has 0 bridgehead atoms. The molecule has 1 aliphatic heterocycles. The van der Waals surface area contributed by atoms with Gasteiger partial charge in [0.1, 0.15) is 24.4 Å². The lowest BCUT2D eigenvalue weighted by Gasteiger charge is -2.40. The number of carbonyl (C=O) groups excluding carboxylic acids is 1. The van der Waals surface area contributed by atoms with E-state index < -0.39 is 49.5 Å². The minimum absolute atomic E-state index is 0.182. The van der Waals surface area contributed by atoms with Crippen LogP contribution >= 0.6 is 0 Å². The van der Waals surface area contributed by atoms with Crippen LogP contribution in [-0.4, -0.2) is 87.5 Å². The number of nitrogens with one attached hydrogen (secondary N) is 1. The molecule has 1 aliphatic rings. The maximum absolute atomic E-state index is 13.1. The standard InChI is InChI=1S/C70H131NO8/c1-3-5-7-9-11-13-15-17-19-21-23-24-25-26-27-28-29-30-31-32-33-34-35-36-37-38-39-40-42-44-46-48-50-52-54-56-58-60-66(74)71-63(62-78-70-69(77)68(76)67(75)65(61-72)79-70)64(73)59-57-55-53-51-49-47-45-43-41-22-20-18-16-14-12-10-8-6-4-2/h27-28,30-31,49,51,57,59,63-65,67-70,72-73,75-77H,3-26,29,32-48,50,52-56,58,60-62H2,1-2H3,(H,71,74)/b28-27-,31-30-,51-49+,59-57+. The average Bonchev–Trinajstić information content (AvgIpc) is 3.46. The number of carbonyl (C=O) groups is 1. The number of ether oxygens (including phenoxy) is 2. The molecular formula is C70H131NO8. The monoisotopic (exact) mass is 1110 g/mol. The van der Waals surface area contributed by atoms with Gasteiger partial charge in [-0.25, -0.2) is 0 Å². The zero-order valence-corrected chi connectivity index (χ0v) is 51.9. The molecule has 7 atom stereocenters. The Kier molecular flexibility index (Phi) is 56.4. The summed E-state index contributed by atoms with van der Waals surface area (Å²) >= 11 is 0. The molecule has 464 valence electrons. The van der Waals surface area contributed by atoms with E-state index in [-0.39, 0.29) is 12.5 Å². The van der Waals surface area contributed by atoms with Crippen LogP contribution < -0.4 is 5.32 Å². The van der Waals surface area contributed by atoms with E-state index >= 15 is 0 Å². The quantitative estimate of drug-likeness (QED) is 0.0261. The van der Waals surface area contributed by atoms with Crippen molar-refractivity contribution in [1.82, 2.24) is 5.32 Å².